The van der Waals surface area contributed by atoms with E-state index in [-0.39, 0.29) is 0 Å². The topological polar surface area (TPSA) is 73.1 Å². The van der Waals surface area contributed by atoms with Gasteiger partial charge >= 0.3 is 0 Å². The van der Waals surface area contributed by atoms with Gasteiger partial charge in [0.05, 0.1) is 6.54 Å². The number of aromatic nitrogens is 2. The van der Waals surface area contributed by atoms with Crippen LogP contribution in [0, 0.1) is 6.92 Å². The first-order valence-electron chi connectivity index (χ1n) is 5.26. The van der Waals surface area contributed by atoms with Gasteiger partial charge in [0.2, 0.25) is 5.13 Å². The molecule has 0 atom stereocenters. The van der Waals surface area contributed by atoms with E-state index in [1.165, 1.54) is 11.3 Å². The summed E-state index contributed by atoms with van der Waals surface area (Å²) in [4.78, 5) is 0. The van der Waals surface area contributed by atoms with Crippen molar-refractivity contribution in [3.05, 3.63) is 29.3 Å². The second-order valence-corrected chi connectivity index (χ2v) is 4.66. The third-order valence-corrected chi connectivity index (χ3v) is 2.83. The highest BCUT2D eigenvalue weighted by Gasteiger charge is 1.99. The first-order valence-corrected chi connectivity index (χ1v) is 6.08. The summed E-state index contributed by atoms with van der Waals surface area (Å²) in [5.41, 5.74) is 6.35. The summed E-state index contributed by atoms with van der Waals surface area (Å²) >= 11 is 1.53. The van der Waals surface area contributed by atoms with Crippen molar-refractivity contribution in [3.63, 3.8) is 0 Å². The molecule has 2 rings (SSSR count). The van der Waals surface area contributed by atoms with Crippen LogP contribution in [0.3, 0.4) is 0 Å². The molecule has 0 spiro atoms. The van der Waals surface area contributed by atoms with Gasteiger partial charge in [-0.15, -0.1) is 10.2 Å². The number of nitrogens with zero attached hydrogens (tertiary/aromatic N) is 2. The fraction of sp³-hybridized carbons (Fsp3) is 0.273. The molecule has 0 aliphatic heterocycles. The molecule has 5 nitrogen and oxygen atoms in total. The zero-order valence-electron chi connectivity index (χ0n) is 9.51. The van der Waals surface area contributed by atoms with Crippen molar-refractivity contribution in [2.45, 2.75) is 6.92 Å². The summed E-state index contributed by atoms with van der Waals surface area (Å²) in [6.45, 7) is 3.16. The molecular formula is C11H14N4OS. The van der Waals surface area contributed by atoms with E-state index in [2.05, 4.69) is 15.5 Å². The Morgan fingerprint density at radius 3 is 3.00 bits per heavy atom. The Labute approximate surface area is 104 Å². The zero-order chi connectivity index (χ0) is 12.1. The number of anilines is 2. The Morgan fingerprint density at radius 1 is 1.41 bits per heavy atom. The van der Waals surface area contributed by atoms with Crippen LogP contribution < -0.4 is 15.8 Å². The number of nitrogen functional groups attached to an aromatic ring is 1. The lowest BCUT2D eigenvalue weighted by molar-refractivity contribution is 0.333. The van der Waals surface area contributed by atoms with E-state index in [1.807, 2.05) is 25.1 Å². The lowest BCUT2D eigenvalue weighted by atomic mass is 10.3. The maximum Gasteiger partial charge on any atom is 0.205 e. The van der Waals surface area contributed by atoms with E-state index < -0.39 is 0 Å². The zero-order valence-corrected chi connectivity index (χ0v) is 10.3. The molecule has 90 valence electrons. The number of benzene rings is 1. The summed E-state index contributed by atoms with van der Waals surface area (Å²) < 4.78 is 5.53. The molecule has 0 aliphatic carbocycles. The van der Waals surface area contributed by atoms with Crippen molar-refractivity contribution >= 4 is 22.2 Å². The van der Waals surface area contributed by atoms with Gasteiger partial charge in [0, 0.05) is 11.8 Å². The molecule has 3 N–H and O–H groups in total. The molecule has 0 unspecified atom stereocenters. The number of ether oxygens (including phenoxy) is 1. The van der Waals surface area contributed by atoms with Crippen LogP contribution in [0.25, 0.3) is 0 Å². The Balaban J connectivity index is 1.73. The molecule has 2 aromatic rings. The molecule has 1 aromatic heterocycles. The van der Waals surface area contributed by atoms with Gasteiger partial charge in [-0.2, -0.15) is 0 Å². The van der Waals surface area contributed by atoms with E-state index in [0.717, 1.165) is 15.9 Å². The second-order valence-electron chi connectivity index (χ2n) is 3.47. The Kier molecular flexibility index (Phi) is 3.77. The molecule has 1 heterocycles. The van der Waals surface area contributed by atoms with Gasteiger partial charge in [0.15, 0.2) is 0 Å². The van der Waals surface area contributed by atoms with Gasteiger partial charge in [-0.3, -0.25) is 0 Å². The van der Waals surface area contributed by atoms with Gasteiger partial charge in [-0.25, -0.2) is 0 Å². The number of rotatable bonds is 5. The van der Waals surface area contributed by atoms with Crippen LogP contribution in [0.15, 0.2) is 24.3 Å². The van der Waals surface area contributed by atoms with Crippen LogP contribution >= 0.6 is 11.3 Å². The molecular weight excluding hydrogens is 236 g/mol. The molecule has 0 fully saturated rings. The molecule has 0 radical (unpaired) electrons. The molecule has 0 amide bonds. The maximum absolute atomic E-state index is 5.64. The van der Waals surface area contributed by atoms with Crippen molar-refractivity contribution in [1.82, 2.24) is 10.2 Å². The van der Waals surface area contributed by atoms with Crippen molar-refractivity contribution in [2.24, 2.45) is 0 Å². The first kappa shape index (κ1) is 11.7. The van der Waals surface area contributed by atoms with Gasteiger partial charge in [0.1, 0.15) is 17.4 Å². The molecule has 0 saturated carbocycles. The number of hydrogen-bond donors (Lipinski definition) is 2. The lowest BCUT2D eigenvalue weighted by Crippen LogP contribution is -2.11. The number of aryl methyl sites for hydroxylation is 1. The average Bonchev–Trinajstić information content (AvgIpc) is 2.71. The van der Waals surface area contributed by atoms with Crippen molar-refractivity contribution in [2.75, 3.05) is 24.2 Å². The summed E-state index contributed by atoms with van der Waals surface area (Å²) in [7, 11) is 0. The van der Waals surface area contributed by atoms with E-state index in [1.54, 1.807) is 6.07 Å². The van der Waals surface area contributed by atoms with Crippen molar-refractivity contribution in [3.8, 4) is 5.75 Å². The van der Waals surface area contributed by atoms with E-state index in [4.69, 9.17) is 10.5 Å². The quantitative estimate of drug-likeness (QED) is 0.626. The third kappa shape index (κ3) is 3.60. The smallest absolute Gasteiger partial charge is 0.205 e. The normalized spacial score (nSPS) is 10.2. The van der Waals surface area contributed by atoms with Crippen LogP contribution in [0.1, 0.15) is 5.01 Å². The number of hydrogen-bond acceptors (Lipinski definition) is 6. The van der Waals surface area contributed by atoms with Crippen LogP contribution in [-0.4, -0.2) is 23.3 Å². The Morgan fingerprint density at radius 2 is 2.29 bits per heavy atom. The van der Waals surface area contributed by atoms with E-state index in [0.29, 0.717) is 18.8 Å². The molecule has 1 aromatic carbocycles. The third-order valence-electron chi connectivity index (χ3n) is 2.03. The minimum atomic E-state index is 0.558. The highest BCUT2D eigenvalue weighted by molar-refractivity contribution is 7.15. The van der Waals surface area contributed by atoms with E-state index >= 15 is 0 Å². The predicted molar refractivity (Wildman–Crippen MR) is 69.5 cm³/mol. The minimum Gasteiger partial charge on any atom is -0.492 e. The van der Waals surface area contributed by atoms with Gasteiger partial charge in [0.25, 0.3) is 0 Å². The van der Waals surface area contributed by atoms with Crippen LogP contribution in [0.4, 0.5) is 10.8 Å². The maximum atomic E-state index is 5.64. The summed E-state index contributed by atoms with van der Waals surface area (Å²) in [5.74, 6) is 0.778. The summed E-state index contributed by atoms with van der Waals surface area (Å²) in [6, 6.07) is 7.38. The molecule has 6 heteroatoms. The second kappa shape index (κ2) is 5.49. The highest BCUT2D eigenvalue weighted by Crippen LogP contribution is 2.15. The Hall–Kier alpha value is -1.82. The molecule has 0 aliphatic rings. The number of nitrogens with two attached hydrogens (primary N) is 1. The number of nitrogens with one attached hydrogen (secondary N) is 1. The highest BCUT2D eigenvalue weighted by atomic mass is 32.1. The largest absolute Gasteiger partial charge is 0.492 e. The van der Waals surface area contributed by atoms with Crippen LogP contribution in [0.5, 0.6) is 5.75 Å². The molecule has 0 bridgehead atoms. The lowest BCUT2D eigenvalue weighted by Gasteiger charge is -2.06. The molecule has 0 saturated heterocycles. The minimum absolute atomic E-state index is 0.558. The summed E-state index contributed by atoms with van der Waals surface area (Å²) in [6.07, 6.45) is 0. The first-order chi connectivity index (χ1) is 8.24. The van der Waals surface area contributed by atoms with Gasteiger partial charge < -0.3 is 15.8 Å². The average molecular weight is 250 g/mol. The predicted octanol–water partition coefficient (Wildman–Crippen LogP) is 1.92. The van der Waals surface area contributed by atoms with Gasteiger partial charge in [-0.05, 0) is 19.1 Å². The van der Waals surface area contributed by atoms with Crippen LogP contribution in [0.2, 0.25) is 0 Å². The van der Waals surface area contributed by atoms with E-state index in [9.17, 15) is 0 Å². The standard InChI is InChI=1S/C11H14N4OS/c1-8-14-15-11(17-8)13-5-6-16-10-4-2-3-9(12)7-10/h2-4,7H,5-6,12H2,1H3,(H,13,15). The summed E-state index contributed by atoms with van der Waals surface area (Å²) in [5, 5.41) is 12.8. The Bertz CT molecular complexity index is 486. The monoisotopic (exact) mass is 250 g/mol. The fourth-order valence-electron chi connectivity index (χ4n) is 1.30. The molecule has 17 heavy (non-hydrogen) atoms. The SMILES string of the molecule is Cc1nnc(NCCOc2cccc(N)c2)s1. The fourth-order valence-corrected chi connectivity index (χ4v) is 1.92. The van der Waals surface area contributed by atoms with Crippen LogP contribution in [-0.2, 0) is 0 Å². The van der Waals surface area contributed by atoms with Crippen molar-refractivity contribution < 1.29 is 4.74 Å². The van der Waals surface area contributed by atoms with Crippen molar-refractivity contribution in [1.29, 1.82) is 0 Å². The van der Waals surface area contributed by atoms with Gasteiger partial charge in [-0.1, -0.05) is 17.4 Å².